The topological polar surface area (TPSA) is 92.5 Å². The van der Waals surface area contributed by atoms with Crippen molar-refractivity contribution in [1.29, 1.82) is 0 Å². The van der Waals surface area contributed by atoms with E-state index in [2.05, 4.69) is 5.32 Å². The van der Waals surface area contributed by atoms with E-state index in [-0.39, 0.29) is 37.3 Å². The number of benzene rings is 1. The molecule has 0 bridgehead atoms. The number of hydrogen-bond donors (Lipinski definition) is 2. The SMILES string of the molecule is Cl.Nc1ccccc1C(=O)NCC1CCN(S(=O)(=O)C(F)F)CC1. The van der Waals surface area contributed by atoms with E-state index < -0.39 is 15.8 Å². The van der Waals surface area contributed by atoms with Gasteiger partial charge >= 0.3 is 5.76 Å². The molecule has 1 fully saturated rings. The lowest BCUT2D eigenvalue weighted by Crippen LogP contribution is -2.43. The van der Waals surface area contributed by atoms with Crippen LogP contribution in [0.25, 0.3) is 0 Å². The summed E-state index contributed by atoms with van der Waals surface area (Å²) in [4.78, 5) is 12.0. The van der Waals surface area contributed by atoms with Crippen molar-refractivity contribution in [2.45, 2.75) is 18.6 Å². The van der Waals surface area contributed by atoms with Crippen molar-refractivity contribution >= 4 is 34.0 Å². The van der Waals surface area contributed by atoms with E-state index in [4.69, 9.17) is 5.73 Å². The van der Waals surface area contributed by atoms with Crippen molar-refractivity contribution in [2.24, 2.45) is 5.92 Å². The number of piperidine rings is 1. The Morgan fingerprint density at radius 3 is 2.42 bits per heavy atom. The lowest BCUT2D eigenvalue weighted by Gasteiger charge is -2.30. The summed E-state index contributed by atoms with van der Waals surface area (Å²) in [5, 5.41) is 2.75. The van der Waals surface area contributed by atoms with Gasteiger partial charge in [0, 0.05) is 25.3 Å². The van der Waals surface area contributed by atoms with Gasteiger partial charge < -0.3 is 11.1 Å². The quantitative estimate of drug-likeness (QED) is 0.757. The van der Waals surface area contributed by atoms with Crippen LogP contribution in [0.1, 0.15) is 23.2 Å². The highest BCUT2D eigenvalue weighted by molar-refractivity contribution is 7.89. The zero-order chi connectivity index (χ0) is 17.0. The number of anilines is 1. The van der Waals surface area contributed by atoms with Crippen LogP contribution in [-0.4, -0.2) is 44.0 Å². The van der Waals surface area contributed by atoms with Gasteiger partial charge in [0.2, 0.25) is 0 Å². The van der Waals surface area contributed by atoms with Gasteiger partial charge in [-0.1, -0.05) is 12.1 Å². The smallest absolute Gasteiger partial charge is 0.350 e. The van der Waals surface area contributed by atoms with E-state index in [1.165, 1.54) is 0 Å². The second kappa shape index (κ2) is 8.59. The third kappa shape index (κ3) is 4.78. The molecule has 2 rings (SSSR count). The van der Waals surface area contributed by atoms with Crippen molar-refractivity contribution in [3.63, 3.8) is 0 Å². The molecule has 0 saturated carbocycles. The second-order valence-corrected chi connectivity index (χ2v) is 7.35. The van der Waals surface area contributed by atoms with Crippen molar-refractivity contribution in [3.8, 4) is 0 Å². The minimum atomic E-state index is -4.51. The predicted octanol–water partition coefficient (Wildman–Crippen LogP) is 1.68. The molecule has 0 radical (unpaired) electrons. The molecular formula is C14H20ClF2N3O3S. The van der Waals surface area contributed by atoms with Gasteiger partial charge in [0.05, 0.1) is 5.56 Å². The molecule has 6 nitrogen and oxygen atoms in total. The molecule has 0 spiro atoms. The fourth-order valence-electron chi connectivity index (χ4n) is 2.52. The normalized spacial score (nSPS) is 16.6. The number of halogens is 3. The Morgan fingerprint density at radius 1 is 1.29 bits per heavy atom. The molecule has 1 heterocycles. The maximum Gasteiger partial charge on any atom is 0.350 e. The number of nitrogens with two attached hydrogens (primary N) is 1. The van der Waals surface area contributed by atoms with Crippen LogP contribution in [-0.2, 0) is 10.0 Å². The lowest BCUT2D eigenvalue weighted by atomic mass is 9.98. The first-order valence-electron chi connectivity index (χ1n) is 7.22. The van der Waals surface area contributed by atoms with E-state index in [1.807, 2.05) is 0 Å². The summed E-state index contributed by atoms with van der Waals surface area (Å²) >= 11 is 0. The first-order chi connectivity index (χ1) is 10.8. The molecule has 1 aromatic carbocycles. The van der Waals surface area contributed by atoms with Crippen LogP contribution in [0, 0.1) is 5.92 Å². The third-order valence-corrected chi connectivity index (χ3v) is 5.45. The van der Waals surface area contributed by atoms with Gasteiger partial charge in [0.15, 0.2) is 0 Å². The highest BCUT2D eigenvalue weighted by Gasteiger charge is 2.34. The van der Waals surface area contributed by atoms with E-state index in [0.29, 0.717) is 30.6 Å². The molecular weight excluding hydrogens is 364 g/mol. The van der Waals surface area contributed by atoms with Crippen LogP contribution in [0.5, 0.6) is 0 Å². The lowest BCUT2D eigenvalue weighted by molar-refractivity contribution is 0.0942. The fourth-order valence-corrected chi connectivity index (χ4v) is 3.46. The Balaban J connectivity index is 0.00000288. The zero-order valence-corrected chi connectivity index (χ0v) is 14.5. The van der Waals surface area contributed by atoms with Gasteiger partial charge in [-0.2, -0.15) is 13.1 Å². The summed E-state index contributed by atoms with van der Waals surface area (Å²) in [5.41, 5.74) is 6.48. The largest absolute Gasteiger partial charge is 0.398 e. The van der Waals surface area contributed by atoms with Crippen molar-refractivity contribution in [1.82, 2.24) is 9.62 Å². The maximum atomic E-state index is 12.5. The van der Waals surface area contributed by atoms with Crippen LogP contribution < -0.4 is 11.1 Å². The Labute approximate surface area is 145 Å². The number of nitrogens with zero attached hydrogens (tertiary/aromatic N) is 1. The van der Waals surface area contributed by atoms with E-state index in [1.54, 1.807) is 24.3 Å². The molecule has 0 aliphatic carbocycles. The molecule has 10 heteroatoms. The third-order valence-electron chi connectivity index (χ3n) is 3.92. The first-order valence-corrected chi connectivity index (χ1v) is 8.72. The minimum Gasteiger partial charge on any atom is -0.398 e. The number of hydrogen-bond acceptors (Lipinski definition) is 4. The number of rotatable bonds is 5. The predicted molar refractivity (Wildman–Crippen MR) is 89.7 cm³/mol. The van der Waals surface area contributed by atoms with Crippen molar-refractivity contribution in [2.75, 3.05) is 25.4 Å². The molecule has 136 valence electrons. The van der Waals surface area contributed by atoms with Crippen LogP contribution in [0.2, 0.25) is 0 Å². The average Bonchev–Trinajstić information content (AvgIpc) is 2.53. The maximum absolute atomic E-state index is 12.5. The van der Waals surface area contributed by atoms with Crippen LogP contribution in [0.3, 0.4) is 0 Å². The summed E-state index contributed by atoms with van der Waals surface area (Å²) in [6, 6.07) is 6.68. The summed E-state index contributed by atoms with van der Waals surface area (Å²) in [6.07, 6.45) is 0.854. The van der Waals surface area contributed by atoms with Gasteiger partial charge in [0.1, 0.15) is 0 Å². The number of sulfonamides is 1. The van der Waals surface area contributed by atoms with Crippen LogP contribution >= 0.6 is 12.4 Å². The molecule has 1 amide bonds. The summed E-state index contributed by atoms with van der Waals surface area (Å²) < 4.78 is 48.5. The number of amides is 1. The number of para-hydroxylation sites is 1. The monoisotopic (exact) mass is 383 g/mol. The average molecular weight is 384 g/mol. The molecule has 1 aromatic rings. The number of carbonyl (C=O) groups is 1. The molecule has 3 N–H and O–H groups in total. The summed E-state index contributed by atoms with van der Waals surface area (Å²) in [5.74, 6) is -3.64. The number of alkyl halides is 2. The van der Waals surface area contributed by atoms with Crippen molar-refractivity contribution in [3.05, 3.63) is 29.8 Å². The van der Waals surface area contributed by atoms with Gasteiger partial charge in [-0.15, -0.1) is 12.4 Å². The molecule has 0 atom stereocenters. The number of nitrogens with one attached hydrogen (secondary N) is 1. The zero-order valence-electron chi connectivity index (χ0n) is 12.8. The second-order valence-electron chi connectivity index (χ2n) is 5.45. The summed E-state index contributed by atoms with van der Waals surface area (Å²) in [7, 11) is -4.51. The van der Waals surface area contributed by atoms with E-state index in [9.17, 15) is 22.0 Å². The Hall–Kier alpha value is -1.45. The van der Waals surface area contributed by atoms with Crippen LogP contribution in [0.4, 0.5) is 14.5 Å². The van der Waals surface area contributed by atoms with Gasteiger partial charge in [-0.05, 0) is 30.9 Å². The molecule has 24 heavy (non-hydrogen) atoms. The van der Waals surface area contributed by atoms with Gasteiger partial charge in [0.25, 0.3) is 15.9 Å². The standard InChI is InChI=1S/C14H19F2N3O3S.ClH/c15-14(16)23(21,22)19-7-5-10(6-8-19)9-18-13(20)11-3-1-2-4-12(11)17;/h1-4,10,14H,5-9,17H2,(H,18,20);1H. The van der Waals surface area contributed by atoms with E-state index in [0.717, 1.165) is 4.31 Å². The highest BCUT2D eigenvalue weighted by atomic mass is 35.5. The Bertz CT molecular complexity index is 665. The number of nitrogen functional groups attached to an aromatic ring is 1. The van der Waals surface area contributed by atoms with Crippen LogP contribution in [0.15, 0.2) is 24.3 Å². The molecule has 1 aliphatic rings. The van der Waals surface area contributed by atoms with E-state index >= 15 is 0 Å². The molecule has 0 aromatic heterocycles. The van der Waals surface area contributed by atoms with Gasteiger partial charge in [-0.3, -0.25) is 4.79 Å². The molecule has 1 saturated heterocycles. The minimum absolute atomic E-state index is 0. The summed E-state index contributed by atoms with van der Waals surface area (Å²) in [6.45, 7) is 0.442. The van der Waals surface area contributed by atoms with Crippen molar-refractivity contribution < 1.29 is 22.0 Å². The Morgan fingerprint density at radius 2 is 1.88 bits per heavy atom. The first kappa shape index (κ1) is 20.6. The fraction of sp³-hybridized carbons (Fsp3) is 0.500. The highest BCUT2D eigenvalue weighted by Crippen LogP contribution is 2.22. The number of carbonyl (C=O) groups excluding carboxylic acids is 1. The molecule has 0 unspecified atom stereocenters. The molecule has 1 aliphatic heterocycles. The Kier molecular flexibility index (Phi) is 7.37. The van der Waals surface area contributed by atoms with Gasteiger partial charge in [-0.25, -0.2) is 8.42 Å².